The molecule has 0 fully saturated rings. The van der Waals surface area contributed by atoms with E-state index >= 15 is 0 Å². The number of likely N-dealkylation sites (N-methyl/N-ethyl adjacent to an activating group) is 1. The number of hydrogen-bond acceptors (Lipinski definition) is 3. The summed E-state index contributed by atoms with van der Waals surface area (Å²) in [7, 11) is 0. The summed E-state index contributed by atoms with van der Waals surface area (Å²) >= 11 is 5.41. The highest BCUT2D eigenvalue weighted by atomic mass is 32.1. The molecule has 0 aliphatic rings. The SMILES string of the molecule is CC[NH+](CC)CCn1c(=S)[nH]c2cc(C(=O)NCc3ccccc3)ccc2c1=O. The Morgan fingerprint density at radius 3 is 2.55 bits per heavy atom. The number of nitrogens with one attached hydrogen (secondary N) is 3. The number of benzene rings is 2. The van der Waals surface area contributed by atoms with Crippen molar-refractivity contribution in [3.63, 3.8) is 0 Å². The first-order chi connectivity index (χ1) is 14.0. The van der Waals surface area contributed by atoms with Crippen molar-refractivity contribution in [1.82, 2.24) is 14.9 Å². The number of amides is 1. The summed E-state index contributed by atoms with van der Waals surface area (Å²) in [6, 6.07) is 14.8. The number of aromatic amines is 1. The normalized spacial score (nSPS) is 11.1. The Labute approximate surface area is 175 Å². The summed E-state index contributed by atoms with van der Waals surface area (Å²) in [5, 5.41) is 3.44. The maximum atomic E-state index is 12.9. The molecule has 0 aliphatic heterocycles. The van der Waals surface area contributed by atoms with Gasteiger partial charge in [0, 0.05) is 12.1 Å². The molecular weight excluding hydrogens is 384 g/mol. The second kappa shape index (κ2) is 9.62. The molecule has 3 rings (SSSR count). The molecule has 0 spiro atoms. The van der Waals surface area contributed by atoms with Gasteiger partial charge in [-0.1, -0.05) is 30.3 Å². The molecule has 6 nitrogen and oxygen atoms in total. The molecule has 1 heterocycles. The number of aromatic nitrogens is 2. The molecular formula is C22H27N4O2S+. The van der Waals surface area contributed by atoms with E-state index in [-0.39, 0.29) is 11.5 Å². The molecule has 3 aromatic rings. The van der Waals surface area contributed by atoms with Gasteiger partial charge in [0.1, 0.15) is 0 Å². The van der Waals surface area contributed by atoms with Gasteiger partial charge >= 0.3 is 0 Å². The maximum absolute atomic E-state index is 12.9. The van der Waals surface area contributed by atoms with E-state index in [4.69, 9.17) is 12.2 Å². The fourth-order valence-corrected chi connectivity index (χ4v) is 3.64. The largest absolute Gasteiger partial charge is 0.348 e. The average molecular weight is 412 g/mol. The molecule has 1 amide bonds. The van der Waals surface area contributed by atoms with Crippen molar-refractivity contribution in [3.05, 3.63) is 74.8 Å². The Balaban J connectivity index is 1.81. The predicted octanol–water partition coefficient (Wildman–Crippen LogP) is 1.91. The highest BCUT2D eigenvalue weighted by molar-refractivity contribution is 7.71. The van der Waals surface area contributed by atoms with Crippen LogP contribution in [0.15, 0.2) is 53.3 Å². The van der Waals surface area contributed by atoms with Crippen LogP contribution in [0.1, 0.15) is 29.8 Å². The molecule has 7 heteroatoms. The number of quaternary nitrogens is 1. The quantitative estimate of drug-likeness (QED) is 0.496. The van der Waals surface area contributed by atoms with Gasteiger partial charge in [-0.2, -0.15) is 0 Å². The van der Waals surface area contributed by atoms with Gasteiger partial charge < -0.3 is 15.2 Å². The lowest BCUT2D eigenvalue weighted by molar-refractivity contribution is -0.897. The Kier molecular flexibility index (Phi) is 6.95. The van der Waals surface area contributed by atoms with Crippen LogP contribution >= 0.6 is 12.2 Å². The number of hydrogen-bond donors (Lipinski definition) is 3. The monoisotopic (exact) mass is 411 g/mol. The van der Waals surface area contributed by atoms with Crippen LogP contribution in [0.5, 0.6) is 0 Å². The summed E-state index contributed by atoms with van der Waals surface area (Å²) in [5.41, 5.74) is 1.98. The zero-order valence-electron chi connectivity index (χ0n) is 16.8. The minimum absolute atomic E-state index is 0.119. The fraction of sp³-hybridized carbons (Fsp3) is 0.318. The highest BCUT2D eigenvalue weighted by Crippen LogP contribution is 2.11. The van der Waals surface area contributed by atoms with E-state index in [1.807, 2.05) is 30.3 Å². The zero-order chi connectivity index (χ0) is 20.8. The summed E-state index contributed by atoms with van der Waals surface area (Å²) in [6.45, 7) is 8.15. The second-order valence-electron chi connectivity index (χ2n) is 7.02. The van der Waals surface area contributed by atoms with E-state index in [0.717, 1.165) is 25.2 Å². The van der Waals surface area contributed by atoms with Crippen LogP contribution in [-0.4, -0.2) is 35.1 Å². The Morgan fingerprint density at radius 2 is 1.86 bits per heavy atom. The van der Waals surface area contributed by atoms with Gasteiger partial charge in [-0.05, 0) is 49.8 Å². The third kappa shape index (κ3) is 4.99. The molecule has 0 bridgehead atoms. The lowest BCUT2D eigenvalue weighted by Crippen LogP contribution is -3.11. The fourth-order valence-electron chi connectivity index (χ4n) is 3.35. The number of H-pyrrole nitrogens is 1. The van der Waals surface area contributed by atoms with Crippen molar-refractivity contribution in [2.45, 2.75) is 26.9 Å². The molecule has 0 atom stereocenters. The third-order valence-corrected chi connectivity index (χ3v) is 5.55. The van der Waals surface area contributed by atoms with Gasteiger partial charge in [0.25, 0.3) is 11.5 Å². The minimum Gasteiger partial charge on any atom is -0.348 e. The van der Waals surface area contributed by atoms with Gasteiger partial charge in [0.05, 0.1) is 37.1 Å². The van der Waals surface area contributed by atoms with E-state index in [1.165, 1.54) is 4.90 Å². The minimum atomic E-state index is -0.190. The second-order valence-corrected chi connectivity index (χ2v) is 7.41. The number of carbonyl (C=O) groups is 1. The molecule has 0 unspecified atom stereocenters. The first kappa shape index (κ1) is 21.0. The number of fused-ring (bicyclic) bond motifs is 1. The van der Waals surface area contributed by atoms with E-state index < -0.39 is 0 Å². The molecule has 3 N–H and O–H groups in total. The maximum Gasteiger partial charge on any atom is 0.262 e. The van der Waals surface area contributed by atoms with Gasteiger partial charge in [0.15, 0.2) is 4.77 Å². The van der Waals surface area contributed by atoms with Crippen molar-refractivity contribution in [3.8, 4) is 0 Å². The smallest absolute Gasteiger partial charge is 0.262 e. The Morgan fingerprint density at radius 1 is 1.14 bits per heavy atom. The molecule has 2 aromatic carbocycles. The predicted molar refractivity (Wildman–Crippen MR) is 118 cm³/mol. The first-order valence-corrected chi connectivity index (χ1v) is 10.4. The van der Waals surface area contributed by atoms with E-state index in [1.54, 1.807) is 22.8 Å². The molecule has 29 heavy (non-hydrogen) atoms. The van der Waals surface area contributed by atoms with Crippen LogP contribution in [0.4, 0.5) is 0 Å². The third-order valence-electron chi connectivity index (χ3n) is 5.23. The molecule has 0 aliphatic carbocycles. The van der Waals surface area contributed by atoms with Crippen LogP contribution in [0.25, 0.3) is 10.9 Å². The number of nitrogens with zero attached hydrogens (tertiary/aromatic N) is 1. The number of carbonyl (C=O) groups excluding carboxylic acids is 1. The lowest BCUT2D eigenvalue weighted by atomic mass is 10.1. The van der Waals surface area contributed by atoms with Gasteiger partial charge in [-0.3, -0.25) is 14.2 Å². The summed E-state index contributed by atoms with van der Waals surface area (Å²) in [5.74, 6) is -0.190. The lowest BCUT2D eigenvalue weighted by Gasteiger charge is -2.16. The van der Waals surface area contributed by atoms with Crippen LogP contribution < -0.4 is 15.8 Å². The molecule has 0 radical (unpaired) electrons. The standard InChI is InChI=1S/C22H26N4O2S/c1-3-25(4-2)12-13-26-21(28)18-11-10-17(14-19(18)24-22(26)29)20(27)23-15-16-8-6-5-7-9-16/h5-11,14H,3-4,12-13,15H2,1-2H3,(H,23,27)(H,24,29)/p+1. The zero-order valence-corrected chi connectivity index (χ0v) is 17.6. The van der Waals surface area contributed by atoms with E-state index in [9.17, 15) is 9.59 Å². The van der Waals surface area contributed by atoms with Crippen LogP contribution in [-0.2, 0) is 13.1 Å². The Hall–Kier alpha value is -2.77. The topological polar surface area (TPSA) is 71.3 Å². The molecule has 1 aromatic heterocycles. The number of rotatable bonds is 8. The Bertz CT molecular complexity index is 1100. The van der Waals surface area contributed by atoms with E-state index in [2.05, 4.69) is 24.1 Å². The first-order valence-electron chi connectivity index (χ1n) is 9.96. The van der Waals surface area contributed by atoms with Crippen molar-refractivity contribution in [2.75, 3.05) is 19.6 Å². The van der Waals surface area contributed by atoms with Crippen molar-refractivity contribution >= 4 is 29.0 Å². The van der Waals surface area contributed by atoms with Crippen LogP contribution in [0, 0.1) is 4.77 Å². The van der Waals surface area contributed by atoms with Gasteiger partial charge in [-0.25, -0.2) is 0 Å². The average Bonchev–Trinajstić information content (AvgIpc) is 2.75. The molecule has 0 saturated heterocycles. The van der Waals surface area contributed by atoms with Crippen LogP contribution in [0.2, 0.25) is 0 Å². The molecule has 152 valence electrons. The van der Waals surface area contributed by atoms with Crippen molar-refractivity contribution < 1.29 is 9.69 Å². The highest BCUT2D eigenvalue weighted by Gasteiger charge is 2.12. The summed E-state index contributed by atoms with van der Waals surface area (Å²) in [6.07, 6.45) is 0. The summed E-state index contributed by atoms with van der Waals surface area (Å²) < 4.78 is 1.99. The van der Waals surface area contributed by atoms with Gasteiger partial charge in [-0.15, -0.1) is 0 Å². The van der Waals surface area contributed by atoms with Crippen molar-refractivity contribution in [1.29, 1.82) is 0 Å². The van der Waals surface area contributed by atoms with Gasteiger partial charge in [0.2, 0.25) is 0 Å². The van der Waals surface area contributed by atoms with E-state index in [0.29, 0.717) is 34.3 Å². The van der Waals surface area contributed by atoms with Crippen molar-refractivity contribution in [2.24, 2.45) is 0 Å². The van der Waals surface area contributed by atoms with Crippen LogP contribution in [0.3, 0.4) is 0 Å². The summed E-state index contributed by atoms with van der Waals surface area (Å²) in [4.78, 5) is 29.9. The molecule has 0 saturated carbocycles.